The highest BCUT2D eigenvalue weighted by Crippen LogP contribution is 2.24. The first-order valence-electron chi connectivity index (χ1n) is 5.10. The maximum atomic E-state index is 11.3. The number of esters is 1. The smallest absolute Gasteiger partial charge is 0.311 e. The van der Waals surface area contributed by atoms with Gasteiger partial charge in [0.15, 0.2) is 0 Å². The van der Waals surface area contributed by atoms with Gasteiger partial charge < -0.3 is 4.74 Å². The van der Waals surface area contributed by atoms with Gasteiger partial charge in [0.25, 0.3) is 9.05 Å². The lowest BCUT2D eigenvalue weighted by molar-refractivity contribution is -0.134. The van der Waals surface area contributed by atoms with E-state index in [2.05, 4.69) is 0 Å². The Kier molecular flexibility index (Phi) is 4.54. The molecule has 0 saturated carbocycles. The van der Waals surface area contributed by atoms with E-state index < -0.39 is 9.05 Å². The van der Waals surface area contributed by atoms with Crippen LogP contribution in [0.25, 0.3) is 0 Å². The van der Waals surface area contributed by atoms with Crippen LogP contribution in [0, 0.1) is 6.92 Å². The highest BCUT2D eigenvalue weighted by molar-refractivity contribution is 8.13. The first-order valence-corrected chi connectivity index (χ1v) is 7.41. The summed E-state index contributed by atoms with van der Waals surface area (Å²) in [5.74, 6) is 0.0181. The lowest BCUT2D eigenvalue weighted by Crippen LogP contribution is -2.08. The van der Waals surface area contributed by atoms with E-state index in [-0.39, 0.29) is 10.9 Å². The van der Waals surface area contributed by atoms with Crippen LogP contribution in [0.3, 0.4) is 0 Å². The minimum Gasteiger partial charge on any atom is -0.426 e. The number of rotatable bonds is 4. The summed E-state index contributed by atoms with van der Waals surface area (Å²) in [6.45, 7) is 3.53. The molecule has 1 aromatic carbocycles. The van der Waals surface area contributed by atoms with E-state index in [1.54, 1.807) is 6.92 Å². The van der Waals surface area contributed by atoms with E-state index >= 15 is 0 Å². The van der Waals surface area contributed by atoms with Crippen molar-refractivity contribution in [1.82, 2.24) is 0 Å². The fourth-order valence-corrected chi connectivity index (χ4v) is 2.10. The third-order valence-electron chi connectivity index (χ3n) is 2.11. The topological polar surface area (TPSA) is 60.4 Å². The van der Waals surface area contributed by atoms with Gasteiger partial charge in [-0.1, -0.05) is 6.92 Å². The summed E-state index contributed by atoms with van der Waals surface area (Å²) in [4.78, 5) is 11.3. The molecule has 94 valence electrons. The first-order chi connectivity index (χ1) is 7.84. The van der Waals surface area contributed by atoms with Gasteiger partial charge in [0.2, 0.25) is 0 Å². The molecule has 0 fully saturated rings. The maximum absolute atomic E-state index is 11.3. The van der Waals surface area contributed by atoms with Crippen LogP contribution >= 0.6 is 10.7 Å². The fourth-order valence-electron chi connectivity index (χ4n) is 1.27. The standard InChI is InChI=1S/C11H13ClO4S/c1-3-4-11(13)16-10-6-5-9(7-8(10)2)17(12,14)15/h5-7H,3-4H2,1-2H3. The Morgan fingerprint density at radius 3 is 2.53 bits per heavy atom. The minimum absolute atomic E-state index is 0.00745. The second-order valence-electron chi connectivity index (χ2n) is 3.59. The molecule has 0 aliphatic rings. The van der Waals surface area contributed by atoms with Crippen LogP contribution in [0.15, 0.2) is 23.1 Å². The molecule has 1 rings (SSSR count). The number of benzene rings is 1. The minimum atomic E-state index is -3.75. The van der Waals surface area contributed by atoms with E-state index in [0.29, 0.717) is 24.2 Å². The number of ether oxygens (including phenoxy) is 1. The molecule has 0 N–H and O–H groups in total. The van der Waals surface area contributed by atoms with Crippen molar-refractivity contribution in [3.05, 3.63) is 23.8 Å². The van der Waals surface area contributed by atoms with E-state index in [4.69, 9.17) is 15.4 Å². The molecular formula is C11H13ClO4S. The van der Waals surface area contributed by atoms with E-state index in [0.717, 1.165) is 0 Å². The molecule has 0 unspecified atom stereocenters. The molecule has 1 aromatic rings. The number of aryl methyl sites for hydroxylation is 1. The molecule has 0 aromatic heterocycles. The zero-order chi connectivity index (χ0) is 13.1. The molecule has 0 aliphatic carbocycles. The Morgan fingerprint density at radius 1 is 1.41 bits per heavy atom. The quantitative estimate of drug-likeness (QED) is 0.482. The van der Waals surface area contributed by atoms with E-state index in [9.17, 15) is 13.2 Å². The molecule has 0 atom stereocenters. The van der Waals surface area contributed by atoms with Crippen LogP contribution in [0.5, 0.6) is 5.75 Å². The Morgan fingerprint density at radius 2 is 2.06 bits per heavy atom. The largest absolute Gasteiger partial charge is 0.426 e. The predicted octanol–water partition coefficient (Wildman–Crippen LogP) is 2.63. The van der Waals surface area contributed by atoms with Crippen LogP contribution in [0.2, 0.25) is 0 Å². The summed E-state index contributed by atoms with van der Waals surface area (Å²) in [6, 6.07) is 4.11. The number of hydrogen-bond donors (Lipinski definition) is 0. The second kappa shape index (κ2) is 5.51. The summed E-state index contributed by atoms with van der Waals surface area (Å²) in [5, 5.41) is 0. The number of carbonyl (C=O) groups excluding carboxylic acids is 1. The van der Waals surface area contributed by atoms with Crippen molar-refractivity contribution in [2.75, 3.05) is 0 Å². The van der Waals surface area contributed by atoms with Crippen LogP contribution in [0.4, 0.5) is 0 Å². The van der Waals surface area contributed by atoms with E-state index in [1.807, 2.05) is 6.92 Å². The molecule has 0 saturated heterocycles. The lowest BCUT2D eigenvalue weighted by atomic mass is 10.2. The van der Waals surface area contributed by atoms with Gasteiger partial charge in [0.05, 0.1) is 4.90 Å². The summed E-state index contributed by atoms with van der Waals surface area (Å²) < 4.78 is 27.2. The van der Waals surface area contributed by atoms with Crippen LogP contribution in [0.1, 0.15) is 25.3 Å². The van der Waals surface area contributed by atoms with Gasteiger partial charge in [0.1, 0.15) is 5.75 Å². The Labute approximate surface area is 105 Å². The average molecular weight is 277 g/mol. The lowest BCUT2D eigenvalue weighted by Gasteiger charge is -2.07. The molecule has 0 heterocycles. The second-order valence-corrected chi connectivity index (χ2v) is 6.16. The number of halogens is 1. The summed E-state index contributed by atoms with van der Waals surface area (Å²) in [6.07, 6.45) is 1.03. The Balaban J connectivity index is 2.95. The molecule has 17 heavy (non-hydrogen) atoms. The fraction of sp³-hybridized carbons (Fsp3) is 0.364. The molecule has 0 spiro atoms. The molecule has 6 heteroatoms. The van der Waals surface area contributed by atoms with Crippen LogP contribution in [-0.4, -0.2) is 14.4 Å². The van der Waals surface area contributed by atoms with Gasteiger partial charge in [-0.25, -0.2) is 8.42 Å². The van der Waals surface area contributed by atoms with E-state index in [1.165, 1.54) is 18.2 Å². The van der Waals surface area contributed by atoms with Gasteiger partial charge >= 0.3 is 5.97 Å². The van der Waals surface area contributed by atoms with Crippen molar-refractivity contribution < 1.29 is 17.9 Å². The molecule has 0 radical (unpaired) electrons. The normalized spacial score (nSPS) is 11.2. The third kappa shape index (κ3) is 4.02. The van der Waals surface area contributed by atoms with Crippen molar-refractivity contribution in [3.8, 4) is 5.75 Å². The number of hydrogen-bond acceptors (Lipinski definition) is 4. The van der Waals surface area contributed by atoms with Gasteiger partial charge in [-0.05, 0) is 37.1 Å². The summed E-state index contributed by atoms with van der Waals surface area (Å²) >= 11 is 0. The highest BCUT2D eigenvalue weighted by atomic mass is 35.7. The molecule has 0 amide bonds. The molecular weight excluding hydrogens is 264 g/mol. The zero-order valence-corrected chi connectivity index (χ0v) is 11.1. The highest BCUT2D eigenvalue weighted by Gasteiger charge is 2.13. The van der Waals surface area contributed by atoms with Crippen molar-refractivity contribution in [1.29, 1.82) is 0 Å². The number of carbonyl (C=O) groups is 1. The summed E-state index contributed by atoms with van der Waals surface area (Å²) in [7, 11) is 1.45. The van der Waals surface area contributed by atoms with Crippen LogP contribution < -0.4 is 4.74 Å². The van der Waals surface area contributed by atoms with Crippen molar-refractivity contribution in [2.45, 2.75) is 31.6 Å². The van der Waals surface area contributed by atoms with Crippen molar-refractivity contribution in [2.24, 2.45) is 0 Å². The van der Waals surface area contributed by atoms with Crippen molar-refractivity contribution in [3.63, 3.8) is 0 Å². The Hall–Kier alpha value is -1.07. The van der Waals surface area contributed by atoms with Crippen LogP contribution in [-0.2, 0) is 13.8 Å². The van der Waals surface area contributed by atoms with Gasteiger partial charge in [-0.15, -0.1) is 0 Å². The monoisotopic (exact) mass is 276 g/mol. The Bertz CT molecular complexity index is 522. The zero-order valence-electron chi connectivity index (χ0n) is 9.57. The average Bonchev–Trinajstić information content (AvgIpc) is 2.20. The third-order valence-corrected chi connectivity index (χ3v) is 3.46. The SMILES string of the molecule is CCCC(=O)Oc1ccc(S(=O)(=O)Cl)cc1C. The summed E-state index contributed by atoms with van der Waals surface area (Å²) in [5.41, 5.74) is 0.552. The maximum Gasteiger partial charge on any atom is 0.311 e. The van der Waals surface area contributed by atoms with Crippen molar-refractivity contribution >= 4 is 25.7 Å². The van der Waals surface area contributed by atoms with Gasteiger partial charge in [0, 0.05) is 17.1 Å². The van der Waals surface area contributed by atoms with Gasteiger partial charge in [-0.3, -0.25) is 4.79 Å². The first kappa shape index (κ1) is 14.0. The molecule has 0 aliphatic heterocycles. The van der Waals surface area contributed by atoms with Gasteiger partial charge in [-0.2, -0.15) is 0 Å². The molecule has 0 bridgehead atoms. The molecule has 4 nitrogen and oxygen atoms in total. The predicted molar refractivity (Wildman–Crippen MR) is 64.8 cm³/mol.